The SMILES string of the molecule is CC#CCOc1cnc(C(=O)Nc2ccc(F)c([C@@]3(C)N=C(N)C(C)(C)S(O)(O)C3F)c2)cn1. The van der Waals surface area contributed by atoms with Crippen LogP contribution in [0, 0.1) is 17.7 Å². The smallest absolute Gasteiger partial charge is 0.275 e. The Hall–Kier alpha value is -3.27. The normalized spacial score (nSPS) is 23.6. The van der Waals surface area contributed by atoms with E-state index in [-0.39, 0.29) is 35.3 Å². The van der Waals surface area contributed by atoms with Gasteiger partial charge in [0.15, 0.2) is 6.61 Å². The van der Waals surface area contributed by atoms with Crippen molar-refractivity contribution in [3.63, 3.8) is 0 Å². The van der Waals surface area contributed by atoms with Crippen LogP contribution in [0.1, 0.15) is 43.7 Å². The first-order chi connectivity index (χ1) is 15.8. The number of nitrogens with zero attached hydrogens (tertiary/aromatic N) is 3. The molecule has 2 heterocycles. The lowest BCUT2D eigenvalue weighted by atomic mass is 9.91. The molecule has 0 fully saturated rings. The van der Waals surface area contributed by atoms with Crippen LogP contribution in [0.15, 0.2) is 35.6 Å². The summed E-state index contributed by atoms with van der Waals surface area (Å²) in [4.78, 5) is 24.6. The second-order valence-corrected chi connectivity index (χ2v) is 10.8. The van der Waals surface area contributed by atoms with Gasteiger partial charge in [-0.1, -0.05) is 5.92 Å². The zero-order valence-corrected chi connectivity index (χ0v) is 19.8. The highest BCUT2D eigenvalue weighted by Gasteiger charge is 2.57. The molecule has 3 rings (SSSR count). The van der Waals surface area contributed by atoms with Crippen molar-refractivity contribution in [3.8, 4) is 17.7 Å². The maximum atomic E-state index is 15.4. The largest absolute Gasteiger partial charge is 0.463 e. The van der Waals surface area contributed by atoms with Gasteiger partial charge in [-0.05, 0) is 45.9 Å². The summed E-state index contributed by atoms with van der Waals surface area (Å²) in [6, 6.07) is 3.44. The van der Waals surface area contributed by atoms with Crippen molar-refractivity contribution in [1.29, 1.82) is 0 Å². The number of nitrogens with one attached hydrogen (secondary N) is 1. The lowest BCUT2D eigenvalue weighted by Gasteiger charge is -2.55. The first-order valence-electron chi connectivity index (χ1n) is 10.1. The van der Waals surface area contributed by atoms with Gasteiger partial charge in [0.2, 0.25) is 11.4 Å². The van der Waals surface area contributed by atoms with Gasteiger partial charge in [-0.15, -0.1) is 5.92 Å². The third-order valence-corrected chi connectivity index (χ3v) is 8.30. The van der Waals surface area contributed by atoms with E-state index in [4.69, 9.17) is 10.5 Å². The number of carbonyl (C=O) groups excluding carboxylic acids is 1. The van der Waals surface area contributed by atoms with Crippen molar-refractivity contribution < 1.29 is 27.4 Å². The second kappa shape index (κ2) is 9.17. The molecular weight excluding hydrogens is 468 g/mol. The Morgan fingerprint density at radius 3 is 2.62 bits per heavy atom. The number of rotatable bonds is 5. The molecule has 0 radical (unpaired) electrons. The Morgan fingerprint density at radius 1 is 1.29 bits per heavy atom. The number of amidine groups is 1. The number of hydrogen-bond acceptors (Lipinski definition) is 8. The van der Waals surface area contributed by atoms with Crippen molar-refractivity contribution in [2.75, 3.05) is 11.9 Å². The van der Waals surface area contributed by atoms with E-state index in [0.717, 1.165) is 6.07 Å². The van der Waals surface area contributed by atoms with E-state index in [1.165, 1.54) is 45.3 Å². The molecule has 5 N–H and O–H groups in total. The number of aliphatic imine (C=N–C) groups is 1. The van der Waals surface area contributed by atoms with Crippen molar-refractivity contribution in [1.82, 2.24) is 9.97 Å². The molecule has 0 bridgehead atoms. The predicted octanol–water partition coefficient (Wildman–Crippen LogP) is 3.68. The van der Waals surface area contributed by atoms with Gasteiger partial charge in [0.05, 0.1) is 12.4 Å². The molecule has 2 atom stereocenters. The van der Waals surface area contributed by atoms with Crippen LogP contribution in [0.25, 0.3) is 0 Å². The van der Waals surface area contributed by atoms with E-state index < -0.39 is 38.1 Å². The molecule has 34 heavy (non-hydrogen) atoms. The van der Waals surface area contributed by atoms with Crippen LogP contribution < -0.4 is 15.8 Å². The zero-order chi connectivity index (χ0) is 25.3. The Bertz CT molecular complexity index is 1190. The Kier molecular flexibility index (Phi) is 6.84. The summed E-state index contributed by atoms with van der Waals surface area (Å²) in [6.45, 7) is 5.71. The zero-order valence-electron chi connectivity index (χ0n) is 19.0. The Morgan fingerprint density at radius 2 is 2.00 bits per heavy atom. The number of carbonyl (C=O) groups is 1. The summed E-state index contributed by atoms with van der Waals surface area (Å²) in [5, 5.41) is 2.53. The topological polar surface area (TPSA) is 143 Å². The minimum absolute atomic E-state index is 0.0507. The van der Waals surface area contributed by atoms with Gasteiger partial charge in [-0.25, -0.2) is 18.7 Å². The maximum absolute atomic E-state index is 15.4. The highest BCUT2D eigenvalue weighted by Crippen LogP contribution is 2.64. The van der Waals surface area contributed by atoms with E-state index in [9.17, 15) is 18.3 Å². The van der Waals surface area contributed by atoms with E-state index in [2.05, 4.69) is 32.1 Å². The monoisotopic (exact) mass is 493 g/mol. The van der Waals surface area contributed by atoms with Crippen molar-refractivity contribution in [2.24, 2.45) is 10.7 Å². The molecule has 2 aromatic rings. The summed E-state index contributed by atoms with van der Waals surface area (Å²) in [5.41, 5.74) is 1.28. The van der Waals surface area contributed by atoms with Crippen LogP contribution in [-0.2, 0) is 5.54 Å². The average Bonchev–Trinajstić information content (AvgIpc) is 2.79. The van der Waals surface area contributed by atoms with Crippen molar-refractivity contribution >= 4 is 28.0 Å². The van der Waals surface area contributed by atoms with Crippen molar-refractivity contribution in [2.45, 2.75) is 43.5 Å². The minimum Gasteiger partial charge on any atom is -0.463 e. The predicted molar refractivity (Wildman–Crippen MR) is 126 cm³/mol. The molecule has 1 aliphatic heterocycles. The van der Waals surface area contributed by atoms with Gasteiger partial charge < -0.3 is 15.8 Å². The third-order valence-electron chi connectivity index (χ3n) is 5.55. The fourth-order valence-electron chi connectivity index (χ4n) is 3.23. The molecule has 182 valence electrons. The van der Waals surface area contributed by atoms with Gasteiger partial charge in [0, 0.05) is 11.3 Å². The van der Waals surface area contributed by atoms with Crippen LogP contribution in [0.2, 0.25) is 0 Å². The molecule has 0 aliphatic carbocycles. The molecule has 0 saturated carbocycles. The van der Waals surface area contributed by atoms with E-state index in [1.807, 2.05) is 0 Å². The lowest BCUT2D eigenvalue weighted by molar-refractivity contribution is 0.102. The number of halogens is 2. The third kappa shape index (κ3) is 4.42. The molecule has 1 unspecified atom stereocenters. The number of nitrogens with two attached hydrogens (primary N) is 1. The number of benzene rings is 1. The molecule has 1 aromatic heterocycles. The summed E-state index contributed by atoms with van der Waals surface area (Å²) >= 11 is 0. The second-order valence-electron chi connectivity index (χ2n) is 8.17. The van der Waals surface area contributed by atoms with Crippen LogP contribution in [0.3, 0.4) is 0 Å². The fraction of sp³-hybridized carbons (Fsp3) is 0.364. The molecule has 9 nitrogen and oxygen atoms in total. The number of anilines is 1. The number of amides is 1. The number of ether oxygens (including phenoxy) is 1. The van der Waals surface area contributed by atoms with Crippen LogP contribution >= 0.6 is 10.6 Å². The molecule has 1 aromatic carbocycles. The first-order valence-corrected chi connectivity index (χ1v) is 11.7. The number of aromatic nitrogens is 2. The van der Waals surface area contributed by atoms with Crippen LogP contribution in [0.5, 0.6) is 5.88 Å². The maximum Gasteiger partial charge on any atom is 0.275 e. The highest BCUT2D eigenvalue weighted by molar-refractivity contribution is 8.26. The summed E-state index contributed by atoms with van der Waals surface area (Å²) in [5.74, 6) is 3.80. The standard InChI is InChI=1S/C22H25F2N5O4S/c1-5-6-9-33-17-12-26-16(11-27-17)18(30)28-13-7-8-15(23)14(10-13)22(4)19(24)34(31,32)21(2,3)20(25)29-22/h7-8,10-12,19,31-32H,9H2,1-4H3,(H2,25,29)(H,28,30)/t19?,22-/m1/s1. The van der Waals surface area contributed by atoms with Gasteiger partial charge in [0.25, 0.3) is 5.91 Å². The van der Waals surface area contributed by atoms with E-state index >= 15 is 4.39 Å². The van der Waals surface area contributed by atoms with Gasteiger partial charge in [-0.3, -0.25) is 18.9 Å². The Labute approximate surface area is 197 Å². The van der Waals surface area contributed by atoms with E-state index in [0.29, 0.717) is 0 Å². The van der Waals surface area contributed by atoms with Gasteiger partial charge in [0.1, 0.15) is 27.6 Å². The molecule has 12 heteroatoms. The van der Waals surface area contributed by atoms with Gasteiger partial charge in [-0.2, -0.15) is 10.6 Å². The quantitative estimate of drug-likeness (QED) is 0.465. The molecular formula is C22H25F2N5O4S. The first kappa shape index (κ1) is 25.4. The number of alkyl halides is 1. The minimum atomic E-state index is -3.97. The summed E-state index contributed by atoms with van der Waals surface area (Å²) < 4.78 is 55.0. The fourth-order valence-corrected chi connectivity index (χ4v) is 4.92. The molecule has 1 amide bonds. The summed E-state index contributed by atoms with van der Waals surface area (Å²) in [6.07, 6.45) is 2.44. The molecule has 0 spiro atoms. The van der Waals surface area contributed by atoms with E-state index in [1.54, 1.807) is 6.92 Å². The molecule has 1 aliphatic rings. The van der Waals surface area contributed by atoms with Crippen molar-refractivity contribution in [3.05, 3.63) is 47.7 Å². The molecule has 0 saturated heterocycles. The van der Waals surface area contributed by atoms with Gasteiger partial charge >= 0.3 is 0 Å². The lowest BCUT2D eigenvalue weighted by Crippen LogP contribution is -2.55. The van der Waals surface area contributed by atoms with Crippen LogP contribution in [0.4, 0.5) is 14.5 Å². The van der Waals surface area contributed by atoms with Crippen LogP contribution in [-0.4, -0.2) is 47.7 Å². The summed E-state index contributed by atoms with van der Waals surface area (Å²) in [7, 11) is -3.97. The Balaban J connectivity index is 1.89. The average molecular weight is 494 g/mol. The highest BCUT2D eigenvalue weighted by atomic mass is 32.3. The number of hydrogen-bond donors (Lipinski definition) is 4.